The molecule has 35 heavy (non-hydrogen) atoms. The Morgan fingerprint density at radius 2 is 2.06 bits per heavy atom. The van der Waals surface area contributed by atoms with E-state index in [-0.39, 0.29) is 34.7 Å². The summed E-state index contributed by atoms with van der Waals surface area (Å²) >= 11 is 0. The highest BCUT2D eigenvalue weighted by Crippen LogP contribution is 2.47. The number of halogens is 1. The molecular weight excluding hydrogens is 439 g/mol. The molecule has 0 saturated heterocycles. The summed E-state index contributed by atoms with van der Waals surface area (Å²) in [6.45, 7) is 9.13. The van der Waals surface area contributed by atoms with Crippen molar-refractivity contribution >= 4 is 22.3 Å². The third-order valence-corrected chi connectivity index (χ3v) is 7.05. The summed E-state index contributed by atoms with van der Waals surface area (Å²) in [6.07, 6.45) is 7.82. The third-order valence-electron chi connectivity index (χ3n) is 7.05. The smallest absolute Gasteiger partial charge is 0.176 e. The Morgan fingerprint density at radius 3 is 2.80 bits per heavy atom. The maximum absolute atomic E-state index is 14.7. The number of benzene rings is 1. The number of aromatic nitrogens is 3. The Kier molecular flexibility index (Phi) is 5.70. The molecule has 6 heteroatoms. The highest BCUT2D eigenvalue weighted by atomic mass is 19.1. The van der Waals surface area contributed by atoms with Crippen LogP contribution in [0.1, 0.15) is 36.2 Å². The quantitative estimate of drug-likeness (QED) is 0.440. The van der Waals surface area contributed by atoms with Gasteiger partial charge in [0.05, 0.1) is 22.5 Å². The summed E-state index contributed by atoms with van der Waals surface area (Å²) in [7, 11) is 0. The number of allylic oxidation sites excluding steroid dienone is 6. The number of pyridine rings is 1. The molecule has 5 nitrogen and oxygen atoms in total. The summed E-state index contributed by atoms with van der Waals surface area (Å²) < 4.78 is 14.7. The van der Waals surface area contributed by atoms with Crippen molar-refractivity contribution in [2.75, 3.05) is 0 Å². The standard InChI is InChI=1S/C29H23FN4O/c1-4-7-20(17(3)30)26-23-11-10-19-16(2)28(35)18(15-31)14-24(19)27(23)34-29(33-26)22-12-13-32-25-9-6-5-8-21(22)25/h4-9,12-14,16,19,24H,1,3,10-11H2,2H3/b20-7+. The van der Waals surface area contributed by atoms with Crippen LogP contribution < -0.4 is 0 Å². The first kappa shape index (κ1) is 22.5. The van der Waals surface area contributed by atoms with Crippen molar-refractivity contribution in [3.63, 3.8) is 0 Å². The molecule has 1 aromatic carbocycles. The summed E-state index contributed by atoms with van der Waals surface area (Å²) in [6, 6.07) is 11.6. The van der Waals surface area contributed by atoms with Gasteiger partial charge in [-0.3, -0.25) is 9.78 Å². The molecule has 3 unspecified atom stereocenters. The lowest BCUT2D eigenvalue weighted by Gasteiger charge is -2.38. The van der Waals surface area contributed by atoms with Crippen molar-refractivity contribution in [1.29, 1.82) is 5.26 Å². The molecule has 0 N–H and O–H groups in total. The van der Waals surface area contributed by atoms with Crippen LogP contribution in [0.15, 0.2) is 79.3 Å². The van der Waals surface area contributed by atoms with Gasteiger partial charge < -0.3 is 0 Å². The van der Waals surface area contributed by atoms with Crippen molar-refractivity contribution < 1.29 is 9.18 Å². The number of fused-ring (bicyclic) bond motifs is 4. The van der Waals surface area contributed by atoms with Crippen LogP contribution in [-0.4, -0.2) is 20.7 Å². The van der Waals surface area contributed by atoms with Gasteiger partial charge in [0.2, 0.25) is 0 Å². The van der Waals surface area contributed by atoms with Crippen LogP contribution in [0.25, 0.3) is 27.9 Å². The zero-order valence-electron chi connectivity index (χ0n) is 19.3. The van der Waals surface area contributed by atoms with Gasteiger partial charge in [0.15, 0.2) is 11.6 Å². The average molecular weight is 463 g/mol. The molecule has 0 aliphatic heterocycles. The number of nitriles is 1. The fourth-order valence-corrected chi connectivity index (χ4v) is 5.32. The van der Waals surface area contributed by atoms with Gasteiger partial charge in [-0.05, 0) is 30.9 Å². The van der Waals surface area contributed by atoms with Crippen LogP contribution >= 0.6 is 0 Å². The van der Waals surface area contributed by atoms with Crippen LogP contribution in [0, 0.1) is 23.2 Å². The maximum Gasteiger partial charge on any atom is 0.176 e. The van der Waals surface area contributed by atoms with E-state index in [1.165, 1.54) is 6.08 Å². The van der Waals surface area contributed by atoms with E-state index in [4.69, 9.17) is 9.97 Å². The molecule has 5 rings (SSSR count). The monoisotopic (exact) mass is 462 g/mol. The van der Waals surface area contributed by atoms with E-state index in [0.29, 0.717) is 24.4 Å². The maximum atomic E-state index is 14.7. The van der Waals surface area contributed by atoms with Gasteiger partial charge in [0.1, 0.15) is 11.9 Å². The number of carbonyl (C=O) groups excluding carboxylic acids is 1. The van der Waals surface area contributed by atoms with E-state index in [2.05, 4.69) is 24.2 Å². The van der Waals surface area contributed by atoms with Gasteiger partial charge >= 0.3 is 0 Å². The lowest BCUT2D eigenvalue weighted by molar-refractivity contribution is -0.120. The largest absolute Gasteiger partial charge is 0.293 e. The van der Waals surface area contributed by atoms with E-state index in [1.54, 1.807) is 18.3 Å². The molecule has 2 aromatic heterocycles. The molecule has 0 saturated carbocycles. The Bertz CT molecular complexity index is 1510. The van der Waals surface area contributed by atoms with E-state index in [9.17, 15) is 14.4 Å². The first-order valence-electron chi connectivity index (χ1n) is 11.5. The number of para-hydroxylation sites is 1. The minimum atomic E-state index is -0.612. The minimum absolute atomic E-state index is 0.0114. The molecule has 3 atom stereocenters. The lowest BCUT2D eigenvalue weighted by Crippen LogP contribution is -2.35. The van der Waals surface area contributed by atoms with Crippen molar-refractivity contribution in [3.8, 4) is 17.5 Å². The number of nitrogens with zero attached hydrogens (tertiary/aromatic N) is 4. The predicted molar refractivity (Wildman–Crippen MR) is 134 cm³/mol. The fourth-order valence-electron chi connectivity index (χ4n) is 5.32. The van der Waals surface area contributed by atoms with Gasteiger partial charge in [-0.15, -0.1) is 0 Å². The second-order valence-corrected chi connectivity index (χ2v) is 8.93. The topological polar surface area (TPSA) is 79.5 Å². The Labute approximate surface area is 203 Å². The Hall–Kier alpha value is -4.24. The highest BCUT2D eigenvalue weighted by Gasteiger charge is 2.42. The number of carbonyl (C=O) groups is 1. The van der Waals surface area contributed by atoms with Crippen LogP contribution in [0.4, 0.5) is 4.39 Å². The van der Waals surface area contributed by atoms with Gasteiger partial charge in [-0.25, -0.2) is 14.4 Å². The second-order valence-electron chi connectivity index (χ2n) is 8.93. The molecule has 0 amide bonds. The van der Waals surface area contributed by atoms with Gasteiger partial charge in [0, 0.05) is 40.1 Å². The normalized spacial score (nSPS) is 21.5. The molecule has 0 spiro atoms. The Balaban J connectivity index is 1.83. The van der Waals surface area contributed by atoms with Crippen molar-refractivity contribution in [2.45, 2.75) is 25.7 Å². The second kappa shape index (κ2) is 8.84. The van der Waals surface area contributed by atoms with E-state index >= 15 is 0 Å². The molecule has 0 fully saturated rings. The number of hydrogen-bond acceptors (Lipinski definition) is 5. The zero-order chi connectivity index (χ0) is 24.7. The highest BCUT2D eigenvalue weighted by molar-refractivity contribution is 6.02. The van der Waals surface area contributed by atoms with Gasteiger partial charge in [-0.2, -0.15) is 5.26 Å². The molecule has 0 bridgehead atoms. The fraction of sp³-hybridized carbons (Fsp3) is 0.207. The molecular formula is C29H23FN4O. The molecule has 2 heterocycles. The average Bonchev–Trinajstić information content (AvgIpc) is 2.88. The molecule has 172 valence electrons. The summed E-state index contributed by atoms with van der Waals surface area (Å²) in [5.74, 6) is -0.832. The predicted octanol–water partition coefficient (Wildman–Crippen LogP) is 6.06. The SMILES string of the molecule is C=C/C=C(\C(=C)F)c1nc(-c2ccnc3ccccc23)nc2c1CCC1C(C)C(=O)C(C#N)=CC21. The number of Topliss-reactive ketones (excluding diaryl/α,β-unsaturated/α-hetero) is 1. The Morgan fingerprint density at radius 1 is 1.26 bits per heavy atom. The van der Waals surface area contributed by atoms with Gasteiger partial charge in [-0.1, -0.05) is 56.5 Å². The molecule has 2 aliphatic carbocycles. The molecule has 2 aliphatic rings. The number of ketones is 1. The van der Waals surface area contributed by atoms with Crippen molar-refractivity contribution in [3.05, 3.63) is 96.3 Å². The van der Waals surface area contributed by atoms with E-state index < -0.39 is 5.83 Å². The van der Waals surface area contributed by atoms with E-state index in [1.807, 2.05) is 37.3 Å². The van der Waals surface area contributed by atoms with Crippen LogP contribution in [0.3, 0.4) is 0 Å². The summed E-state index contributed by atoms with van der Waals surface area (Å²) in [5.41, 5.74) is 3.98. The number of rotatable bonds is 4. The number of hydrogen-bond donors (Lipinski definition) is 0. The van der Waals surface area contributed by atoms with Gasteiger partial charge in [0.25, 0.3) is 0 Å². The van der Waals surface area contributed by atoms with Crippen molar-refractivity contribution in [2.24, 2.45) is 11.8 Å². The molecule has 0 radical (unpaired) electrons. The van der Waals surface area contributed by atoms with Crippen LogP contribution in [0.2, 0.25) is 0 Å². The third kappa shape index (κ3) is 3.70. The summed E-state index contributed by atoms with van der Waals surface area (Å²) in [5, 5.41) is 10.5. The molecule has 3 aromatic rings. The summed E-state index contributed by atoms with van der Waals surface area (Å²) in [4.78, 5) is 27.0. The minimum Gasteiger partial charge on any atom is -0.293 e. The van der Waals surface area contributed by atoms with Crippen LogP contribution in [0.5, 0.6) is 0 Å². The van der Waals surface area contributed by atoms with Crippen LogP contribution in [-0.2, 0) is 11.2 Å². The first-order chi connectivity index (χ1) is 16.9. The van der Waals surface area contributed by atoms with E-state index in [0.717, 1.165) is 27.7 Å². The van der Waals surface area contributed by atoms with Crippen molar-refractivity contribution in [1.82, 2.24) is 15.0 Å². The lowest BCUT2D eigenvalue weighted by atomic mass is 9.66. The zero-order valence-corrected chi connectivity index (χ0v) is 19.3. The first-order valence-corrected chi connectivity index (χ1v) is 11.5.